The number of rotatable bonds is 6. The Morgan fingerprint density at radius 2 is 1.68 bits per heavy atom. The first-order valence-electron chi connectivity index (χ1n) is 11.9. The third-order valence-electron chi connectivity index (χ3n) is 6.48. The lowest BCUT2D eigenvalue weighted by atomic mass is 9.81. The molecule has 1 saturated heterocycles. The van der Waals surface area contributed by atoms with Gasteiger partial charge >= 0.3 is 6.09 Å². The fraction of sp³-hybridized carbons (Fsp3) is 0.286. The van der Waals surface area contributed by atoms with Gasteiger partial charge in [0.2, 0.25) is 0 Å². The molecule has 194 valence electrons. The van der Waals surface area contributed by atoms with E-state index in [1.165, 1.54) is 27.7 Å². The maximum atomic E-state index is 13.0. The van der Waals surface area contributed by atoms with Gasteiger partial charge in [-0.2, -0.15) is 0 Å². The van der Waals surface area contributed by atoms with Crippen molar-refractivity contribution < 1.29 is 23.1 Å². The Morgan fingerprint density at radius 1 is 1.03 bits per heavy atom. The summed E-state index contributed by atoms with van der Waals surface area (Å²) in [4.78, 5) is 26.1. The highest BCUT2D eigenvalue weighted by Crippen LogP contribution is 2.40. The van der Waals surface area contributed by atoms with Crippen molar-refractivity contribution in [2.75, 3.05) is 19.3 Å². The maximum absolute atomic E-state index is 13.0. The molecular formula is C28H30N2O6S. The molecule has 0 bridgehead atoms. The topological polar surface area (TPSA) is 106 Å². The molecular weight excluding hydrogens is 492 g/mol. The van der Waals surface area contributed by atoms with Crippen LogP contribution in [-0.2, 0) is 15.4 Å². The highest BCUT2D eigenvalue weighted by Gasteiger charge is 2.41. The number of carboxylic acid groups (broad SMARTS) is 1. The van der Waals surface area contributed by atoms with E-state index in [4.69, 9.17) is 4.74 Å². The lowest BCUT2D eigenvalue weighted by Gasteiger charge is -2.42. The van der Waals surface area contributed by atoms with Gasteiger partial charge in [-0.1, -0.05) is 35.9 Å². The Bertz CT molecular complexity index is 1490. The molecule has 9 heteroatoms. The summed E-state index contributed by atoms with van der Waals surface area (Å²) in [6.07, 6.45) is 4.70. The second kappa shape index (κ2) is 10.3. The molecule has 1 fully saturated rings. The zero-order valence-electron chi connectivity index (χ0n) is 21.0. The number of allylic oxidation sites excluding steroid dienone is 1. The molecule has 1 aromatic heterocycles. The minimum atomic E-state index is -3.34. The number of carbonyl (C=O) groups is 1. The number of likely N-dealkylation sites (tertiary alicyclic amines) is 1. The average Bonchev–Trinajstić information content (AvgIpc) is 2.84. The van der Waals surface area contributed by atoms with Gasteiger partial charge in [-0.05, 0) is 49.7 Å². The summed E-state index contributed by atoms with van der Waals surface area (Å²) in [7, 11) is -3.34. The van der Waals surface area contributed by atoms with Crippen LogP contribution < -0.4 is 10.3 Å². The number of hydrogen-bond donors (Lipinski definition) is 1. The molecule has 2 heterocycles. The molecule has 0 aliphatic carbocycles. The molecule has 0 spiro atoms. The first kappa shape index (κ1) is 26.2. The molecule has 2 aromatic carbocycles. The molecule has 3 aromatic rings. The van der Waals surface area contributed by atoms with Crippen LogP contribution >= 0.6 is 0 Å². The van der Waals surface area contributed by atoms with Crippen molar-refractivity contribution in [3.8, 4) is 11.4 Å². The van der Waals surface area contributed by atoms with Crippen LogP contribution in [0.2, 0.25) is 0 Å². The largest absolute Gasteiger partial charge is 0.482 e. The fourth-order valence-electron chi connectivity index (χ4n) is 4.65. The molecule has 1 amide bonds. The van der Waals surface area contributed by atoms with E-state index in [0.29, 0.717) is 37.4 Å². The molecule has 1 aliphatic heterocycles. The number of hydrogen-bond acceptors (Lipinski definition) is 5. The number of piperidine rings is 1. The van der Waals surface area contributed by atoms with E-state index in [1.54, 1.807) is 24.4 Å². The van der Waals surface area contributed by atoms with Crippen LogP contribution in [0.5, 0.6) is 5.75 Å². The predicted octanol–water partition coefficient (Wildman–Crippen LogP) is 4.71. The summed E-state index contributed by atoms with van der Waals surface area (Å²) < 4.78 is 31.5. The second-order valence-corrected chi connectivity index (χ2v) is 11.5. The van der Waals surface area contributed by atoms with Gasteiger partial charge in [0.1, 0.15) is 11.4 Å². The van der Waals surface area contributed by atoms with Crippen molar-refractivity contribution in [2.45, 2.75) is 37.2 Å². The first-order chi connectivity index (χ1) is 17.5. The van der Waals surface area contributed by atoms with E-state index in [0.717, 1.165) is 23.0 Å². The monoisotopic (exact) mass is 522 g/mol. The van der Waals surface area contributed by atoms with Crippen LogP contribution in [-0.4, -0.2) is 48.4 Å². The SMILES string of the molecule is CC(C)=Cc1ccccc1C1(Oc2ccn(-c3ccc(S(C)(=O)=O)cc3)c(=O)c2)CCN(C(=O)O)CC1. The lowest BCUT2D eigenvalue weighted by molar-refractivity contribution is 0.000871. The van der Waals surface area contributed by atoms with Crippen LogP contribution in [0.1, 0.15) is 37.8 Å². The maximum Gasteiger partial charge on any atom is 0.407 e. The third kappa shape index (κ3) is 5.77. The van der Waals surface area contributed by atoms with Crippen molar-refractivity contribution in [2.24, 2.45) is 0 Å². The molecule has 8 nitrogen and oxygen atoms in total. The normalized spacial score (nSPS) is 15.2. The van der Waals surface area contributed by atoms with Crippen molar-refractivity contribution in [3.05, 3.63) is 93.9 Å². The van der Waals surface area contributed by atoms with E-state index in [9.17, 15) is 23.1 Å². The molecule has 0 saturated carbocycles. The minimum absolute atomic E-state index is 0.175. The second-order valence-electron chi connectivity index (χ2n) is 9.51. The van der Waals surface area contributed by atoms with Crippen LogP contribution in [0.15, 0.2) is 82.1 Å². The average molecular weight is 523 g/mol. The van der Waals surface area contributed by atoms with Crippen molar-refractivity contribution >= 4 is 22.0 Å². The molecule has 0 radical (unpaired) electrons. The van der Waals surface area contributed by atoms with Gasteiger partial charge < -0.3 is 14.7 Å². The van der Waals surface area contributed by atoms with Gasteiger partial charge in [0.25, 0.3) is 5.56 Å². The third-order valence-corrected chi connectivity index (χ3v) is 7.61. The molecule has 4 rings (SSSR count). The van der Waals surface area contributed by atoms with E-state index in [-0.39, 0.29) is 10.5 Å². The van der Waals surface area contributed by atoms with Crippen LogP contribution in [0.4, 0.5) is 4.79 Å². The first-order valence-corrected chi connectivity index (χ1v) is 13.8. The zero-order chi connectivity index (χ0) is 26.8. The highest BCUT2D eigenvalue weighted by atomic mass is 32.2. The van der Waals surface area contributed by atoms with Gasteiger partial charge in [0, 0.05) is 55.7 Å². The quantitative estimate of drug-likeness (QED) is 0.503. The summed E-state index contributed by atoms with van der Waals surface area (Å²) in [5.74, 6) is 0.379. The standard InChI is InChI=1S/C28H30N2O6S/c1-20(2)18-21-6-4-5-7-25(21)28(13-16-29(17-14-28)27(32)33)36-23-12-15-30(26(31)19-23)22-8-10-24(11-9-22)37(3,34)35/h4-12,15,18-19H,13-14,16-17H2,1-3H3,(H,32,33). The summed E-state index contributed by atoms with van der Waals surface area (Å²) in [6.45, 7) is 4.64. The van der Waals surface area contributed by atoms with E-state index in [1.807, 2.05) is 38.1 Å². The van der Waals surface area contributed by atoms with Crippen LogP contribution in [0.3, 0.4) is 0 Å². The van der Waals surface area contributed by atoms with E-state index >= 15 is 0 Å². The summed E-state index contributed by atoms with van der Waals surface area (Å²) in [5, 5.41) is 9.48. The summed E-state index contributed by atoms with van der Waals surface area (Å²) >= 11 is 0. The number of benzene rings is 2. The molecule has 0 unspecified atom stereocenters. The number of pyridine rings is 1. The number of amides is 1. The zero-order valence-corrected chi connectivity index (χ0v) is 21.9. The number of sulfone groups is 1. The number of ether oxygens (including phenoxy) is 1. The Labute approximate surface area is 216 Å². The number of nitrogens with zero attached hydrogens (tertiary/aromatic N) is 2. The van der Waals surface area contributed by atoms with E-state index < -0.39 is 21.5 Å². The Hall–Kier alpha value is -3.85. The molecule has 1 aliphatic rings. The molecule has 1 N–H and O–H groups in total. The van der Waals surface area contributed by atoms with E-state index in [2.05, 4.69) is 6.08 Å². The van der Waals surface area contributed by atoms with Gasteiger partial charge in [-0.15, -0.1) is 0 Å². The van der Waals surface area contributed by atoms with Gasteiger partial charge in [0.05, 0.1) is 4.90 Å². The van der Waals surface area contributed by atoms with Crippen LogP contribution in [0.25, 0.3) is 11.8 Å². The Balaban J connectivity index is 1.70. The van der Waals surface area contributed by atoms with Crippen molar-refractivity contribution in [1.82, 2.24) is 9.47 Å². The highest BCUT2D eigenvalue weighted by molar-refractivity contribution is 7.90. The lowest BCUT2D eigenvalue weighted by Crippen LogP contribution is -2.48. The van der Waals surface area contributed by atoms with Crippen LogP contribution in [0, 0.1) is 0 Å². The summed E-state index contributed by atoms with van der Waals surface area (Å²) in [5.41, 5.74) is 2.44. The Kier molecular flexibility index (Phi) is 7.27. The smallest absolute Gasteiger partial charge is 0.407 e. The predicted molar refractivity (Wildman–Crippen MR) is 142 cm³/mol. The van der Waals surface area contributed by atoms with Crippen molar-refractivity contribution in [3.63, 3.8) is 0 Å². The van der Waals surface area contributed by atoms with Gasteiger partial charge in [-0.25, -0.2) is 13.2 Å². The molecule has 37 heavy (non-hydrogen) atoms. The fourth-order valence-corrected chi connectivity index (χ4v) is 5.28. The minimum Gasteiger partial charge on any atom is -0.482 e. The van der Waals surface area contributed by atoms with Gasteiger partial charge in [0.15, 0.2) is 9.84 Å². The molecule has 0 atom stereocenters. The Morgan fingerprint density at radius 3 is 2.24 bits per heavy atom. The summed E-state index contributed by atoms with van der Waals surface area (Å²) in [6, 6.07) is 17.1. The number of aromatic nitrogens is 1. The van der Waals surface area contributed by atoms with Crippen molar-refractivity contribution in [1.29, 1.82) is 0 Å². The van der Waals surface area contributed by atoms with Gasteiger partial charge in [-0.3, -0.25) is 9.36 Å².